The van der Waals surface area contributed by atoms with E-state index in [1.165, 1.54) is 0 Å². The van der Waals surface area contributed by atoms with Crippen molar-refractivity contribution in [2.45, 2.75) is 26.5 Å². The Morgan fingerprint density at radius 1 is 1.14 bits per heavy atom. The molecule has 0 atom stereocenters. The molecular formula is C16H23NO4. The van der Waals surface area contributed by atoms with Gasteiger partial charge in [0.15, 0.2) is 0 Å². The zero-order valence-electron chi connectivity index (χ0n) is 13.1. The zero-order chi connectivity index (χ0) is 15.2. The van der Waals surface area contributed by atoms with Crippen LogP contribution in [-0.4, -0.2) is 27.9 Å². The third-order valence-electron chi connectivity index (χ3n) is 3.37. The monoisotopic (exact) mass is 293 g/mol. The molecule has 0 aliphatic heterocycles. The Balaban J connectivity index is 2.50. The molecule has 1 N–H and O–H groups in total. The molecule has 1 aromatic heterocycles. The average molecular weight is 293 g/mol. The van der Waals surface area contributed by atoms with E-state index in [0.29, 0.717) is 18.9 Å². The maximum atomic E-state index is 5.98. The summed E-state index contributed by atoms with van der Waals surface area (Å²) in [5.41, 5.74) is 1.78. The summed E-state index contributed by atoms with van der Waals surface area (Å²) in [4.78, 5) is 0. The molecule has 0 radical (unpaired) electrons. The van der Waals surface area contributed by atoms with Crippen molar-refractivity contribution < 1.29 is 18.6 Å². The Kier molecular flexibility index (Phi) is 5.47. The van der Waals surface area contributed by atoms with Gasteiger partial charge >= 0.3 is 0 Å². The molecule has 0 unspecified atom stereocenters. The van der Waals surface area contributed by atoms with Gasteiger partial charge in [0.1, 0.15) is 22.8 Å². The lowest BCUT2D eigenvalue weighted by molar-refractivity contribution is 0.183. The fraction of sp³-hybridized carbons (Fsp3) is 0.500. The molecule has 2 rings (SSSR count). The number of hydrogen-bond donors (Lipinski definition) is 1. The van der Waals surface area contributed by atoms with Crippen molar-refractivity contribution in [3.63, 3.8) is 0 Å². The molecule has 0 aliphatic rings. The summed E-state index contributed by atoms with van der Waals surface area (Å²) in [5.74, 6) is 2.33. The van der Waals surface area contributed by atoms with Crippen LogP contribution in [0.4, 0.5) is 0 Å². The topological polar surface area (TPSA) is 52.9 Å². The molecule has 5 nitrogen and oxygen atoms in total. The number of methoxy groups -OCH3 is 3. The highest BCUT2D eigenvalue weighted by Gasteiger charge is 2.19. The quantitative estimate of drug-likeness (QED) is 0.758. The SMILES string of the molecule is CCCNCc1oc2cc(OC)cc(OC)c2c1COC. The Morgan fingerprint density at radius 3 is 2.57 bits per heavy atom. The van der Waals surface area contributed by atoms with Crippen LogP contribution in [0.5, 0.6) is 11.5 Å². The second kappa shape index (κ2) is 7.33. The van der Waals surface area contributed by atoms with Crippen LogP contribution in [0.3, 0.4) is 0 Å². The second-order valence-corrected chi connectivity index (χ2v) is 4.82. The van der Waals surface area contributed by atoms with Crippen LogP contribution in [0.25, 0.3) is 11.0 Å². The number of benzene rings is 1. The number of nitrogens with one attached hydrogen (secondary N) is 1. The van der Waals surface area contributed by atoms with E-state index >= 15 is 0 Å². The Morgan fingerprint density at radius 2 is 1.95 bits per heavy atom. The van der Waals surface area contributed by atoms with Crippen molar-refractivity contribution in [3.8, 4) is 11.5 Å². The molecule has 1 aromatic carbocycles. The summed E-state index contributed by atoms with van der Waals surface area (Å²) >= 11 is 0. The van der Waals surface area contributed by atoms with Gasteiger partial charge in [0.25, 0.3) is 0 Å². The van der Waals surface area contributed by atoms with Gasteiger partial charge < -0.3 is 23.9 Å². The first kappa shape index (κ1) is 15.7. The highest BCUT2D eigenvalue weighted by Crippen LogP contribution is 2.37. The van der Waals surface area contributed by atoms with Gasteiger partial charge in [-0.2, -0.15) is 0 Å². The predicted molar refractivity (Wildman–Crippen MR) is 82.0 cm³/mol. The fourth-order valence-electron chi connectivity index (χ4n) is 2.37. The van der Waals surface area contributed by atoms with E-state index in [1.54, 1.807) is 21.3 Å². The largest absolute Gasteiger partial charge is 0.496 e. The van der Waals surface area contributed by atoms with Gasteiger partial charge in [-0.3, -0.25) is 0 Å². The van der Waals surface area contributed by atoms with Crippen LogP contribution in [0.1, 0.15) is 24.7 Å². The third kappa shape index (κ3) is 3.31. The number of fused-ring (bicyclic) bond motifs is 1. The lowest BCUT2D eigenvalue weighted by atomic mass is 10.1. The molecular weight excluding hydrogens is 270 g/mol. The van der Waals surface area contributed by atoms with Crippen molar-refractivity contribution in [1.29, 1.82) is 0 Å². The minimum absolute atomic E-state index is 0.485. The molecule has 1 heterocycles. The first-order valence-electron chi connectivity index (χ1n) is 7.11. The second-order valence-electron chi connectivity index (χ2n) is 4.82. The summed E-state index contributed by atoms with van der Waals surface area (Å²) in [6, 6.07) is 3.74. The van der Waals surface area contributed by atoms with Gasteiger partial charge in [0.05, 0.1) is 32.8 Å². The predicted octanol–water partition coefficient (Wildman–Crippen LogP) is 3.10. The van der Waals surface area contributed by atoms with Gasteiger partial charge in [-0.05, 0) is 13.0 Å². The van der Waals surface area contributed by atoms with E-state index in [1.807, 2.05) is 12.1 Å². The molecule has 0 fully saturated rings. The van der Waals surface area contributed by atoms with Crippen LogP contribution in [0.15, 0.2) is 16.5 Å². The summed E-state index contributed by atoms with van der Waals surface area (Å²) < 4.78 is 22.1. The van der Waals surface area contributed by atoms with E-state index < -0.39 is 0 Å². The summed E-state index contributed by atoms with van der Waals surface area (Å²) in [6.45, 7) is 4.24. The Labute approximate surface area is 125 Å². The number of furan rings is 1. The molecule has 5 heteroatoms. The van der Waals surface area contributed by atoms with Crippen molar-refractivity contribution in [2.75, 3.05) is 27.9 Å². The van der Waals surface area contributed by atoms with Crippen LogP contribution >= 0.6 is 0 Å². The molecule has 0 saturated heterocycles. The van der Waals surface area contributed by atoms with Crippen molar-refractivity contribution in [2.24, 2.45) is 0 Å². The summed E-state index contributed by atoms with van der Waals surface area (Å²) in [6.07, 6.45) is 1.08. The first-order chi connectivity index (χ1) is 10.2. The van der Waals surface area contributed by atoms with Crippen LogP contribution in [-0.2, 0) is 17.9 Å². The molecule has 0 spiro atoms. The summed E-state index contributed by atoms with van der Waals surface area (Å²) in [7, 11) is 4.95. The number of hydrogen-bond acceptors (Lipinski definition) is 5. The van der Waals surface area contributed by atoms with Crippen LogP contribution in [0, 0.1) is 0 Å². The maximum absolute atomic E-state index is 5.98. The molecule has 116 valence electrons. The minimum Gasteiger partial charge on any atom is -0.496 e. The fourth-order valence-corrected chi connectivity index (χ4v) is 2.37. The van der Waals surface area contributed by atoms with E-state index in [9.17, 15) is 0 Å². The smallest absolute Gasteiger partial charge is 0.142 e. The number of rotatable bonds is 8. The molecule has 0 aliphatic carbocycles. The van der Waals surface area contributed by atoms with Crippen LogP contribution in [0.2, 0.25) is 0 Å². The van der Waals surface area contributed by atoms with Gasteiger partial charge in [0.2, 0.25) is 0 Å². The van der Waals surface area contributed by atoms with Crippen molar-refractivity contribution >= 4 is 11.0 Å². The molecule has 2 aromatic rings. The van der Waals surface area contributed by atoms with E-state index in [-0.39, 0.29) is 0 Å². The summed E-state index contributed by atoms with van der Waals surface area (Å²) in [5, 5.41) is 4.31. The molecule has 21 heavy (non-hydrogen) atoms. The molecule has 0 saturated carbocycles. The standard InChI is InChI=1S/C16H23NO4/c1-5-6-17-9-15-12(10-18-2)16-13(20-4)7-11(19-3)8-14(16)21-15/h7-8,17H,5-6,9-10H2,1-4H3. The lowest BCUT2D eigenvalue weighted by Gasteiger charge is -2.07. The highest BCUT2D eigenvalue weighted by atomic mass is 16.5. The van der Waals surface area contributed by atoms with Gasteiger partial charge in [-0.15, -0.1) is 0 Å². The van der Waals surface area contributed by atoms with E-state index in [4.69, 9.17) is 18.6 Å². The normalized spacial score (nSPS) is 11.0. The molecule has 0 amide bonds. The zero-order valence-corrected chi connectivity index (χ0v) is 13.1. The van der Waals surface area contributed by atoms with Gasteiger partial charge in [0, 0.05) is 24.8 Å². The first-order valence-corrected chi connectivity index (χ1v) is 7.11. The van der Waals surface area contributed by atoms with E-state index in [0.717, 1.165) is 41.0 Å². The number of ether oxygens (including phenoxy) is 3. The average Bonchev–Trinajstić information content (AvgIpc) is 2.85. The van der Waals surface area contributed by atoms with E-state index in [2.05, 4.69) is 12.2 Å². The maximum Gasteiger partial charge on any atom is 0.142 e. The van der Waals surface area contributed by atoms with Gasteiger partial charge in [-0.1, -0.05) is 6.92 Å². The third-order valence-corrected chi connectivity index (χ3v) is 3.37. The van der Waals surface area contributed by atoms with Crippen molar-refractivity contribution in [3.05, 3.63) is 23.5 Å². The van der Waals surface area contributed by atoms with Gasteiger partial charge in [-0.25, -0.2) is 0 Å². The van der Waals surface area contributed by atoms with Crippen LogP contribution < -0.4 is 14.8 Å². The minimum atomic E-state index is 0.485. The Hall–Kier alpha value is -1.72. The lowest BCUT2D eigenvalue weighted by Crippen LogP contribution is -2.14. The van der Waals surface area contributed by atoms with Crippen molar-refractivity contribution in [1.82, 2.24) is 5.32 Å². The Bertz CT molecular complexity index is 591. The highest BCUT2D eigenvalue weighted by molar-refractivity contribution is 5.90. The molecule has 0 bridgehead atoms.